The van der Waals surface area contributed by atoms with Crippen LogP contribution in [0.2, 0.25) is 186 Å². The fraction of sp³-hybridized carbons (Fsp3) is 1.00. The van der Waals surface area contributed by atoms with Crippen molar-refractivity contribution in [2.75, 3.05) is 64.0 Å². The maximum Gasteiger partial charge on any atom is 0.638 e. The maximum absolute atomic E-state index is 7.59. The minimum atomic E-state index is -3.65. The van der Waals surface area contributed by atoms with E-state index in [1.54, 1.807) is 64.0 Å². The van der Waals surface area contributed by atoms with Crippen molar-refractivity contribution in [1.29, 1.82) is 0 Å². The summed E-state index contributed by atoms with van der Waals surface area (Å²) in [5.41, 5.74) is 0. The molecule has 1 aliphatic heterocycles. The van der Waals surface area contributed by atoms with E-state index in [1.807, 2.05) is 13.1 Å². The predicted octanol–water partition coefficient (Wildman–Crippen LogP) is 10.7. The van der Waals surface area contributed by atoms with Crippen LogP contribution >= 0.6 is 0 Å². The average molecular weight is 1320 g/mol. The van der Waals surface area contributed by atoms with Crippen LogP contribution in [-0.4, -0.2) is 193 Å². The van der Waals surface area contributed by atoms with Crippen LogP contribution in [-0.2, 0) is 85.1 Å². The summed E-state index contributed by atoms with van der Waals surface area (Å²) >= 11 is 0. The van der Waals surface area contributed by atoms with Gasteiger partial charge in [0, 0.05) is 82.1 Å². The van der Waals surface area contributed by atoms with Crippen LogP contribution in [0.5, 0.6) is 0 Å². The summed E-state index contributed by atoms with van der Waals surface area (Å²) in [5.74, 6) is 0. The van der Waals surface area contributed by atoms with Crippen molar-refractivity contribution >= 4 is 129 Å². The number of hydrogen-bond acceptors (Lipinski definition) is 20. The molecule has 35 heteroatoms. The van der Waals surface area contributed by atoms with Gasteiger partial charge in [0.25, 0.3) is 0 Å². The Bertz CT molecular complexity index is 1570. The van der Waals surface area contributed by atoms with Crippen molar-refractivity contribution in [3.63, 3.8) is 0 Å². The van der Waals surface area contributed by atoms with Gasteiger partial charge in [0.1, 0.15) is 0 Å². The third-order valence-corrected chi connectivity index (χ3v) is 66.9. The highest BCUT2D eigenvalue weighted by Crippen LogP contribution is 2.42. The first-order valence-corrected chi connectivity index (χ1v) is 65.1. The molecule has 1 saturated heterocycles. The van der Waals surface area contributed by atoms with E-state index in [1.165, 1.54) is 0 Å². The molecule has 1 aliphatic rings. The van der Waals surface area contributed by atoms with E-state index in [9.17, 15) is 0 Å². The van der Waals surface area contributed by atoms with Gasteiger partial charge in [-0.2, -0.15) is 0 Å². The minimum absolute atomic E-state index is 0.475. The Morgan fingerprint density at radius 2 is 0.514 bits per heavy atom. The van der Waals surface area contributed by atoms with Crippen molar-refractivity contribution in [3.05, 3.63) is 0 Å². The first kappa shape index (κ1) is 74.5. The Balaban J connectivity index is 3.68. The van der Waals surface area contributed by atoms with E-state index in [0.717, 1.165) is 12.5 Å². The van der Waals surface area contributed by atoms with E-state index in [4.69, 9.17) is 85.1 Å². The maximum atomic E-state index is 7.59. The second-order valence-electron chi connectivity index (χ2n) is 24.7. The summed E-state index contributed by atoms with van der Waals surface area (Å²) in [6.07, 6.45) is 0.794. The summed E-state index contributed by atoms with van der Waals surface area (Å²) < 4.78 is 132. The molecule has 0 amide bonds. The highest BCUT2D eigenvalue weighted by molar-refractivity contribution is 6.96. The Hall–Kier alpha value is 2.45. The van der Waals surface area contributed by atoms with E-state index < -0.39 is 129 Å². The van der Waals surface area contributed by atoms with Gasteiger partial charge in [-0.1, -0.05) is 6.42 Å². The molecule has 74 heavy (non-hydrogen) atoms. The Morgan fingerprint density at radius 1 is 0.284 bits per heavy atom. The van der Waals surface area contributed by atoms with Crippen LogP contribution in [0.1, 0.15) is 6.42 Å². The summed E-state index contributed by atoms with van der Waals surface area (Å²) in [7, 11) is -28.6. The largest absolute Gasteiger partial charge is 0.638 e. The molecule has 0 N–H and O–H groups in total. The molecule has 0 saturated carbocycles. The molecule has 1 rings (SSSR count). The zero-order chi connectivity index (χ0) is 58.0. The van der Waals surface area contributed by atoms with Crippen molar-refractivity contribution < 1.29 is 85.1 Å². The third-order valence-electron chi connectivity index (χ3n) is 11.8. The van der Waals surface area contributed by atoms with Gasteiger partial charge in [-0.25, -0.2) is 0 Å². The molecular weight excluding hydrogens is 1210 g/mol. The lowest BCUT2D eigenvalue weighted by molar-refractivity contribution is 0.122. The van der Waals surface area contributed by atoms with E-state index in [-0.39, 0.29) is 0 Å². The molecule has 1 fully saturated rings. The summed E-state index contributed by atoms with van der Waals surface area (Å²) in [6, 6.07) is 4.51. The molecule has 20 nitrogen and oxygen atoms in total. The van der Waals surface area contributed by atoms with Crippen LogP contribution in [0, 0.1) is 0 Å². The standard InChI is InChI=1S/C39H108O20Si15/c1-40-71(41-2,42-3)37-34-68(28)56-67(27,57-69(29,35-38-72(43-4,44-5)45-6)59-70(30,58-68)36-39-73(46-7,47-8)48-9)33-31-32-63(19,20)52-64(21,22)53-65(23,24)54-66(25,26)55-74(49-60(10,11)12,50-61(13,14)15)51-62(16,17)18/h31-39H2,1-30H3. The van der Waals surface area contributed by atoms with Gasteiger partial charge >= 0.3 is 95.4 Å². The summed E-state index contributed by atoms with van der Waals surface area (Å²) in [6.45, 7) is 44.8. The molecule has 0 radical (unpaired) electrons. The molecule has 0 aliphatic carbocycles. The fourth-order valence-electron chi connectivity index (χ4n) is 9.48. The lowest BCUT2D eigenvalue weighted by Crippen LogP contribution is -2.68. The van der Waals surface area contributed by atoms with Gasteiger partial charge in [0.2, 0.25) is 0 Å². The number of rotatable bonds is 36. The highest BCUT2D eigenvalue weighted by atomic mass is 28.6. The SMILES string of the molecule is CO[Si](CC[Si]1(C)O[Si](C)(CCC[Si](C)(C)O[Si](C)(C)O[Si](C)(C)O[Si](C)(C)O[Si](O[Si](C)(C)C)(O[Si](C)(C)C)O[Si](C)(C)C)O[Si](C)(CC[Si](OC)(OC)OC)O[Si](C)(CC[Si](OC)(OC)OC)O1)(OC)OC. The zero-order valence-electron chi connectivity index (χ0n) is 52.0. The smallest absolute Gasteiger partial charge is 0.436 e. The monoisotopic (exact) mass is 1320 g/mol. The van der Waals surface area contributed by atoms with E-state index in [2.05, 4.69) is 124 Å². The normalized spacial score (nSPS) is 24.1. The molecule has 0 aromatic heterocycles. The minimum Gasteiger partial charge on any atom is -0.436 e. The average Bonchev–Trinajstić information content (AvgIpc) is 3.18. The zero-order valence-corrected chi connectivity index (χ0v) is 67.0. The molecular formula is C39H108O20Si15. The molecule has 2 unspecified atom stereocenters. The van der Waals surface area contributed by atoms with Crippen LogP contribution in [0.4, 0.5) is 0 Å². The van der Waals surface area contributed by atoms with Crippen molar-refractivity contribution in [1.82, 2.24) is 0 Å². The predicted molar refractivity (Wildman–Crippen MR) is 328 cm³/mol. The molecule has 1 heterocycles. The lowest BCUT2D eigenvalue weighted by atomic mass is 10.6. The lowest BCUT2D eigenvalue weighted by Gasteiger charge is -2.51. The first-order valence-electron chi connectivity index (χ1n) is 25.8. The molecule has 444 valence electrons. The fourth-order valence-corrected chi connectivity index (χ4v) is 75.7. The van der Waals surface area contributed by atoms with Gasteiger partial charge in [0.05, 0.1) is 0 Å². The first-order chi connectivity index (χ1) is 33.2. The Labute approximate surface area is 466 Å². The highest BCUT2D eigenvalue weighted by Gasteiger charge is 2.61. The van der Waals surface area contributed by atoms with Crippen LogP contribution in [0.3, 0.4) is 0 Å². The third kappa shape index (κ3) is 25.9. The molecule has 2 atom stereocenters. The number of hydrogen-bond donors (Lipinski definition) is 0. The van der Waals surface area contributed by atoms with Crippen LogP contribution in [0.15, 0.2) is 0 Å². The van der Waals surface area contributed by atoms with Crippen molar-refractivity contribution in [3.8, 4) is 0 Å². The van der Waals surface area contributed by atoms with Crippen molar-refractivity contribution in [2.24, 2.45) is 0 Å². The van der Waals surface area contributed by atoms with Gasteiger partial charge in [0.15, 0.2) is 33.3 Å². The second-order valence-corrected chi connectivity index (χ2v) is 80.1. The van der Waals surface area contributed by atoms with Crippen LogP contribution < -0.4 is 0 Å². The van der Waals surface area contributed by atoms with E-state index >= 15 is 0 Å². The second kappa shape index (κ2) is 28.4. The Morgan fingerprint density at radius 3 is 0.757 bits per heavy atom. The summed E-state index contributed by atoms with van der Waals surface area (Å²) in [5, 5.41) is 0. The topological polar surface area (TPSA) is 185 Å². The van der Waals surface area contributed by atoms with E-state index in [0.29, 0.717) is 42.3 Å². The van der Waals surface area contributed by atoms with Gasteiger partial charge < -0.3 is 85.1 Å². The quantitative estimate of drug-likeness (QED) is 0.0539. The van der Waals surface area contributed by atoms with Gasteiger partial charge in [-0.3, -0.25) is 0 Å². The molecule has 0 aromatic carbocycles. The van der Waals surface area contributed by atoms with Gasteiger partial charge in [-0.05, 0) is 168 Å². The van der Waals surface area contributed by atoms with Gasteiger partial charge in [-0.15, -0.1) is 0 Å². The molecule has 0 spiro atoms. The molecule has 0 aromatic rings. The molecule has 0 bridgehead atoms. The van der Waals surface area contributed by atoms with Crippen molar-refractivity contribution in [2.45, 2.75) is 192 Å². The summed E-state index contributed by atoms with van der Waals surface area (Å²) in [4.78, 5) is 0. The Kier molecular flexibility index (Phi) is 28.5. The van der Waals surface area contributed by atoms with Crippen LogP contribution in [0.25, 0.3) is 0 Å².